The normalized spacial score (nSPS) is 11.5. The number of aromatic nitrogens is 1. The largest absolute Gasteiger partial charge is 0.356 e. The van der Waals surface area contributed by atoms with Gasteiger partial charge in [0.2, 0.25) is 0 Å². The number of aliphatic imine (C=N–C) groups is 1. The first-order chi connectivity index (χ1) is 10.6. The van der Waals surface area contributed by atoms with Crippen LogP contribution in [0.3, 0.4) is 0 Å². The number of benzene rings is 1. The van der Waals surface area contributed by atoms with Gasteiger partial charge in [-0.15, -0.1) is 11.3 Å². The molecule has 0 spiro atoms. The highest BCUT2D eigenvalue weighted by molar-refractivity contribution is 7.11. The lowest BCUT2D eigenvalue weighted by atomic mass is 10.2. The molecule has 0 saturated carbocycles. The van der Waals surface area contributed by atoms with Crippen LogP contribution in [0.4, 0.5) is 0 Å². The molecule has 0 fully saturated rings. The number of aryl methyl sites for hydroxylation is 1. The van der Waals surface area contributed by atoms with E-state index in [0.29, 0.717) is 0 Å². The third-order valence-corrected chi connectivity index (χ3v) is 4.42. The van der Waals surface area contributed by atoms with Crippen molar-refractivity contribution in [1.82, 2.24) is 15.2 Å². The summed E-state index contributed by atoms with van der Waals surface area (Å²) >= 11 is 7.65. The quantitative estimate of drug-likeness (QED) is 0.672. The number of thiazole rings is 1. The molecule has 0 aliphatic heterocycles. The van der Waals surface area contributed by atoms with Crippen molar-refractivity contribution < 1.29 is 0 Å². The van der Waals surface area contributed by atoms with Crippen LogP contribution in [0.15, 0.2) is 35.5 Å². The van der Waals surface area contributed by atoms with E-state index >= 15 is 0 Å². The minimum atomic E-state index is 0.757. The van der Waals surface area contributed by atoms with Gasteiger partial charge in [0.1, 0.15) is 0 Å². The van der Waals surface area contributed by atoms with Crippen LogP contribution >= 0.6 is 22.9 Å². The van der Waals surface area contributed by atoms with Crippen molar-refractivity contribution in [2.24, 2.45) is 4.99 Å². The Morgan fingerprint density at radius 2 is 2.09 bits per heavy atom. The highest BCUT2D eigenvalue weighted by Gasteiger charge is 2.07. The highest BCUT2D eigenvalue weighted by Crippen LogP contribution is 2.12. The van der Waals surface area contributed by atoms with Gasteiger partial charge in [-0.25, -0.2) is 4.98 Å². The second-order valence-electron chi connectivity index (χ2n) is 5.07. The maximum atomic E-state index is 5.91. The van der Waals surface area contributed by atoms with Gasteiger partial charge >= 0.3 is 0 Å². The average molecular weight is 337 g/mol. The lowest BCUT2D eigenvalue weighted by Gasteiger charge is -2.22. The molecule has 22 heavy (non-hydrogen) atoms. The molecule has 1 heterocycles. The van der Waals surface area contributed by atoms with E-state index in [4.69, 9.17) is 11.6 Å². The van der Waals surface area contributed by atoms with Crippen LogP contribution in [0.2, 0.25) is 5.02 Å². The molecule has 0 saturated heterocycles. The van der Waals surface area contributed by atoms with Crippen molar-refractivity contribution in [2.45, 2.75) is 19.9 Å². The molecule has 0 unspecified atom stereocenters. The second-order valence-corrected chi connectivity index (χ2v) is 6.83. The van der Waals surface area contributed by atoms with E-state index < -0.39 is 0 Å². The van der Waals surface area contributed by atoms with Gasteiger partial charge in [-0.05, 0) is 24.6 Å². The fourth-order valence-electron chi connectivity index (χ4n) is 2.12. The van der Waals surface area contributed by atoms with Gasteiger partial charge in [0.05, 0.1) is 5.01 Å². The highest BCUT2D eigenvalue weighted by atomic mass is 35.5. The number of guanidine groups is 1. The van der Waals surface area contributed by atoms with E-state index in [-0.39, 0.29) is 0 Å². The molecule has 0 atom stereocenters. The van der Waals surface area contributed by atoms with E-state index in [9.17, 15) is 0 Å². The third kappa shape index (κ3) is 5.00. The Labute approximate surface area is 140 Å². The van der Waals surface area contributed by atoms with Crippen LogP contribution in [-0.2, 0) is 13.0 Å². The molecule has 0 aliphatic rings. The lowest BCUT2D eigenvalue weighted by Crippen LogP contribution is -2.39. The van der Waals surface area contributed by atoms with E-state index in [1.807, 2.05) is 37.5 Å². The number of hydrogen-bond acceptors (Lipinski definition) is 3. The van der Waals surface area contributed by atoms with Crippen molar-refractivity contribution in [3.63, 3.8) is 0 Å². The van der Waals surface area contributed by atoms with E-state index in [2.05, 4.69) is 27.1 Å². The third-order valence-electron chi connectivity index (χ3n) is 3.20. The maximum absolute atomic E-state index is 5.91. The SMILES string of the molecule is CN=C(NCCc1ncc(C)s1)N(C)Cc1ccc(Cl)cc1. The summed E-state index contributed by atoms with van der Waals surface area (Å²) < 4.78 is 0. The van der Waals surface area contributed by atoms with Crippen LogP contribution in [0.5, 0.6) is 0 Å². The molecule has 1 aromatic heterocycles. The monoisotopic (exact) mass is 336 g/mol. The van der Waals surface area contributed by atoms with Crippen molar-refractivity contribution in [1.29, 1.82) is 0 Å². The summed E-state index contributed by atoms with van der Waals surface area (Å²) in [5.74, 6) is 0.878. The Balaban J connectivity index is 1.83. The van der Waals surface area contributed by atoms with Crippen molar-refractivity contribution in [2.75, 3.05) is 20.6 Å². The summed E-state index contributed by atoms with van der Waals surface area (Å²) in [5.41, 5.74) is 1.20. The number of hydrogen-bond donors (Lipinski definition) is 1. The first kappa shape index (κ1) is 16.8. The second kappa shape index (κ2) is 8.15. The first-order valence-electron chi connectivity index (χ1n) is 7.16. The van der Waals surface area contributed by atoms with Crippen LogP contribution in [0.1, 0.15) is 15.4 Å². The average Bonchev–Trinajstić information content (AvgIpc) is 2.91. The van der Waals surface area contributed by atoms with E-state index in [1.54, 1.807) is 18.4 Å². The maximum Gasteiger partial charge on any atom is 0.193 e. The molecule has 0 amide bonds. The molecule has 2 rings (SSSR count). The number of nitrogens with zero attached hydrogens (tertiary/aromatic N) is 3. The standard InChI is InChI=1S/C16H21ClN4S/c1-12-10-20-15(22-12)8-9-19-16(18-2)21(3)11-13-4-6-14(17)7-5-13/h4-7,10H,8-9,11H2,1-3H3,(H,18,19). The lowest BCUT2D eigenvalue weighted by molar-refractivity contribution is 0.477. The zero-order chi connectivity index (χ0) is 15.9. The molecule has 0 aliphatic carbocycles. The van der Waals surface area contributed by atoms with Crippen molar-refractivity contribution in [3.05, 3.63) is 50.9 Å². The van der Waals surface area contributed by atoms with Gasteiger partial charge in [-0.3, -0.25) is 4.99 Å². The molecule has 2 aromatic rings. The fraction of sp³-hybridized carbons (Fsp3) is 0.375. The fourth-order valence-corrected chi connectivity index (χ4v) is 3.03. The van der Waals surface area contributed by atoms with Gasteiger partial charge in [-0.1, -0.05) is 23.7 Å². The Morgan fingerprint density at radius 3 is 2.68 bits per heavy atom. The molecule has 1 N–H and O–H groups in total. The Bertz CT molecular complexity index is 621. The predicted octanol–water partition coefficient (Wildman–Crippen LogP) is 3.35. The zero-order valence-corrected chi connectivity index (χ0v) is 14.7. The van der Waals surface area contributed by atoms with Crippen LogP contribution in [0.25, 0.3) is 0 Å². The smallest absolute Gasteiger partial charge is 0.193 e. The summed E-state index contributed by atoms with van der Waals surface area (Å²) in [7, 11) is 3.83. The van der Waals surface area contributed by atoms with Crippen LogP contribution in [-0.4, -0.2) is 36.5 Å². The topological polar surface area (TPSA) is 40.5 Å². The van der Waals surface area contributed by atoms with Gasteiger partial charge in [-0.2, -0.15) is 0 Å². The minimum absolute atomic E-state index is 0.757. The Kier molecular flexibility index (Phi) is 6.21. The van der Waals surface area contributed by atoms with E-state index in [1.165, 1.54) is 10.4 Å². The van der Waals surface area contributed by atoms with Gasteiger partial charge in [0.15, 0.2) is 5.96 Å². The van der Waals surface area contributed by atoms with Gasteiger partial charge < -0.3 is 10.2 Å². The first-order valence-corrected chi connectivity index (χ1v) is 8.35. The molecular weight excluding hydrogens is 316 g/mol. The number of nitrogens with one attached hydrogen (secondary N) is 1. The van der Waals surface area contributed by atoms with Crippen LogP contribution < -0.4 is 5.32 Å². The van der Waals surface area contributed by atoms with Gasteiger partial charge in [0.25, 0.3) is 0 Å². The molecule has 6 heteroatoms. The summed E-state index contributed by atoms with van der Waals surface area (Å²) in [6, 6.07) is 7.88. The molecule has 1 aromatic carbocycles. The Hall–Kier alpha value is -1.59. The van der Waals surface area contributed by atoms with Crippen molar-refractivity contribution in [3.8, 4) is 0 Å². The van der Waals surface area contributed by atoms with E-state index in [0.717, 1.165) is 35.5 Å². The summed E-state index contributed by atoms with van der Waals surface area (Å²) in [6.45, 7) is 3.69. The number of rotatable bonds is 5. The predicted molar refractivity (Wildman–Crippen MR) is 94.8 cm³/mol. The zero-order valence-electron chi connectivity index (χ0n) is 13.1. The van der Waals surface area contributed by atoms with Crippen molar-refractivity contribution >= 4 is 28.9 Å². The van der Waals surface area contributed by atoms with Crippen LogP contribution in [0, 0.1) is 6.92 Å². The molecule has 118 valence electrons. The van der Waals surface area contributed by atoms with Gasteiger partial charge in [0, 0.05) is 49.7 Å². The molecule has 0 radical (unpaired) electrons. The molecule has 4 nitrogen and oxygen atoms in total. The summed E-state index contributed by atoms with van der Waals surface area (Å²) in [6.07, 6.45) is 2.83. The summed E-state index contributed by atoms with van der Waals surface area (Å²) in [5, 5.41) is 5.29. The summed E-state index contributed by atoms with van der Waals surface area (Å²) in [4.78, 5) is 12.0. The number of halogens is 1. The Morgan fingerprint density at radius 1 is 1.36 bits per heavy atom. The molecular formula is C16H21ClN4S. The minimum Gasteiger partial charge on any atom is -0.356 e. The molecule has 0 bridgehead atoms.